The van der Waals surface area contributed by atoms with E-state index in [0.29, 0.717) is 19.4 Å². The number of carbonyl (C=O) groups is 2. The molecule has 1 amide bonds. The Hall–Kier alpha value is -1.30. The first-order valence-electron chi connectivity index (χ1n) is 6.50. The quantitative estimate of drug-likeness (QED) is 0.766. The van der Waals surface area contributed by atoms with Gasteiger partial charge in [0.2, 0.25) is 0 Å². The van der Waals surface area contributed by atoms with Crippen LogP contribution in [0.3, 0.4) is 0 Å². The van der Waals surface area contributed by atoms with Gasteiger partial charge in [0, 0.05) is 12.6 Å². The first-order valence-corrected chi connectivity index (χ1v) is 6.50. The average molecular weight is 272 g/mol. The van der Waals surface area contributed by atoms with Crippen molar-refractivity contribution in [3.63, 3.8) is 0 Å². The lowest BCUT2D eigenvalue weighted by Crippen LogP contribution is -2.63. The Bertz CT molecular complexity index is 362. The standard InChI is InChI=1S/C13H24N2O4/c1-9(14)13(10(16)18-5)7-6-8-15(13)11(17)19-12(2,3)4/h9H,6-8,14H2,1-5H3. The van der Waals surface area contributed by atoms with Gasteiger partial charge in [-0.3, -0.25) is 4.90 Å². The number of methoxy groups -OCH3 is 1. The van der Waals surface area contributed by atoms with Crippen LogP contribution in [0.1, 0.15) is 40.5 Å². The number of nitrogens with two attached hydrogens (primary N) is 1. The van der Waals surface area contributed by atoms with Crippen molar-refractivity contribution in [2.45, 2.75) is 57.7 Å². The van der Waals surface area contributed by atoms with Crippen LogP contribution in [-0.4, -0.2) is 47.8 Å². The van der Waals surface area contributed by atoms with E-state index in [4.69, 9.17) is 15.2 Å². The molecule has 0 saturated carbocycles. The van der Waals surface area contributed by atoms with Gasteiger partial charge in [-0.2, -0.15) is 0 Å². The molecule has 0 aromatic carbocycles. The van der Waals surface area contributed by atoms with Crippen LogP contribution in [0.5, 0.6) is 0 Å². The van der Waals surface area contributed by atoms with Crippen molar-refractivity contribution in [1.82, 2.24) is 4.90 Å². The van der Waals surface area contributed by atoms with E-state index in [0.717, 1.165) is 0 Å². The van der Waals surface area contributed by atoms with Gasteiger partial charge < -0.3 is 15.2 Å². The van der Waals surface area contributed by atoms with Gasteiger partial charge in [-0.1, -0.05) is 0 Å². The Kier molecular flexibility index (Phi) is 4.45. The van der Waals surface area contributed by atoms with Crippen LogP contribution in [0.15, 0.2) is 0 Å². The van der Waals surface area contributed by atoms with Crippen molar-refractivity contribution in [3.8, 4) is 0 Å². The Morgan fingerprint density at radius 2 is 1.95 bits per heavy atom. The molecule has 1 heterocycles. The van der Waals surface area contributed by atoms with Gasteiger partial charge in [0.1, 0.15) is 5.60 Å². The molecular weight excluding hydrogens is 248 g/mol. The summed E-state index contributed by atoms with van der Waals surface area (Å²) in [6.45, 7) is 7.51. The first-order chi connectivity index (χ1) is 8.65. The highest BCUT2D eigenvalue weighted by Gasteiger charge is 2.54. The van der Waals surface area contributed by atoms with Crippen LogP contribution in [0, 0.1) is 0 Å². The number of hydrogen-bond acceptors (Lipinski definition) is 5. The maximum atomic E-state index is 12.2. The molecule has 1 aliphatic heterocycles. The Balaban J connectivity index is 3.04. The zero-order valence-electron chi connectivity index (χ0n) is 12.4. The van der Waals surface area contributed by atoms with E-state index in [2.05, 4.69) is 0 Å². The zero-order valence-corrected chi connectivity index (χ0v) is 12.4. The van der Waals surface area contributed by atoms with Crippen molar-refractivity contribution < 1.29 is 19.1 Å². The summed E-state index contributed by atoms with van der Waals surface area (Å²) in [5.74, 6) is -0.481. The molecule has 110 valence electrons. The van der Waals surface area contributed by atoms with Crippen molar-refractivity contribution in [2.75, 3.05) is 13.7 Å². The zero-order chi connectivity index (χ0) is 14.8. The number of hydrogen-bond donors (Lipinski definition) is 1. The second kappa shape index (κ2) is 5.36. The van der Waals surface area contributed by atoms with Gasteiger partial charge in [-0.15, -0.1) is 0 Å². The topological polar surface area (TPSA) is 81.9 Å². The monoisotopic (exact) mass is 272 g/mol. The third kappa shape index (κ3) is 3.00. The van der Waals surface area contributed by atoms with Crippen LogP contribution in [0.4, 0.5) is 4.79 Å². The fourth-order valence-electron chi connectivity index (χ4n) is 2.46. The fraction of sp³-hybridized carbons (Fsp3) is 0.846. The van der Waals surface area contributed by atoms with Gasteiger partial charge in [0.15, 0.2) is 5.54 Å². The lowest BCUT2D eigenvalue weighted by atomic mass is 9.89. The molecule has 0 radical (unpaired) electrons. The summed E-state index contributed by atoms with van der Waals surface area (Å²) in [5, 5.41) is 0. The Morgan fingerprint density at radius 1 is 1.37 bits per heavy atom. The normalized spacial score (nSPS) is 25.1. The number of amides is 1. The maximum Gasteiger partial charge on any atom is 0.411 e. The number of ether oxygens (including phenoxy) is 2. The van der Waals surface area contributed by atoms with E-state index >= 15 is 0 Å². The number of nitrogens with zero attached hydrogens (tertiary/aromatic N) is 1. The molecule has 19 heavy (non-hydrogen) atoms. The molecule has 6 nitrogen and oxygen atoms in total. The van der Waals surface area contributed by atoms with Crippen molar-refractivity contribution >= 4 is 12.1 Å². The Morgan fingerprint density at radius 3 is 2.37 bits per heavy atom. The van der Waals surface area contributed by atoms with E-state index < -0.39 is 29.2 Å². The second-order valence-electron chi connectivity index (χ2n) is 5.94. The molecule has 6 heteroatoms. The molecule has 0 spiro atoms. The van der Waals surface area contributed by atoms with Crippen molar-refractivity contribution in [2.24, 2.45) is 5.73 Å². The lowest BCUT2D eigenvalue weighted by molar-refractivity contribution is -0.154. The summed E-state index contributed by atoms with van der Waals surface area (Å²) in [7, 11) is 1.30. The molecule has 1 rings (SSSR count). The summed E-state index contributed by atoms with van der Waals surface area (Å²) in [5.41, 5.74) is 4.23. The smallest absolute Gasteiger partial charge is 0.411 e. The summed E-state index contributed by atoms with van der Waals surface area (Å²) in [4.78, 5) is 25.8. The van der Waals surface area contributed by atoms with Crippen LogP contribution < -0.4 is 5.73 Å². The molecule has 0 aliphatic carbocycles. The molecule has 1 fully saturated rings. The molecular formula is C13H24N2O4. The predicted molar refractivity (Wildman–Crippen MR) is 70.6 cm³/mol. The van der Waals surface area contributed by atoms with Crippen molar-refractivity contribution in [3.05, 3.63) is 0 Å². The molecule has 0 aromatic heterocycles. The summed E-state index contributed by atoms with van der Waals surface area (Å²) in [6, 6.07) is -0.519. The van der Waals surface area contributed by atoms with Crippen molar-refractivity contribution in [1.29, 1.82) is 0 Å². The van der Waals surface area contributed by atoms with Gasteiger partial charge in [0.25, 0.3) is 0 Å². The van der Waals surface area contributed by atoms with Crippen LogP contribution in [0.2, 0.25) is 0 Å². The number of carbonyl (C=O) groups excluding carboxylic acids is 2. The molecule has 1 saturated heterocycles. The third-order valence-corrected chi connectivity index (χ3v) is 3.33. The summed E-state index contributed by atoms with van der Waals surface area (Å²) in [6.07, 6.45) is 0.680. The summed E-state index contributed by atoms with van der Waals surface area (Å²) >= 11 is 0. The maximum absolute atomic E-state index is 12.2. The van der Waals surface area contributed by atoms with E-state index in [1.807, 2.05) is 0 Å². The van der Waals surface area contributed by atoms with Crippen LogP contribution in [-0.2, 0) is 14.3 Å². The summed E-state index contributed by atoms with van der Waals surface area (Å²) < 4.78 is 10.2. The number of rotatable bonds is 2. The highest BCUT2D eigenvalue weighted by molar-refractivity contribution is 5.87. The fourth-order valence-corrected chi connectivity index (χ4v) is 2.46. The van der Waals surface area contributed by atoms with E-state index in [9.17, 15) is 9.59 Å². The third-order valence-electron chi connectivity index (χ3n) is 3.33. The largest absolute Gasteiger partial charge is 0.467 e. The average Bonchev–Trinajstić information content (AvgIpc) is 2.71. The molecule has 2 unspecified atom stereocenters. The predicted octanol–water partition coefficient (Wildman–Crippen LogP) is 1.28. The second-order valence-corrected chi connectivity index (χ2v) is 5.94. The molecule has 2 atom stereocenters. The van der Waals surface area contributed by atoms with E-state index in [-0.39, 0.29) is 0 Å². The number of likely N-dealkylation sites (tertiary alicyclic amines) is 1. The lowest BCUT2D eigenvalue weighted by Gasteiger charge is -2.39. The molecule has 1 aliphatic rings. The van der Waals surface area contributed by atoms with Crippen LogP contribution in [0.25, 0.3) is 0 Å². The van der Waals surface area contributed by atoms with E-state index in [1.165, 1.54) is 12.0 Å². The van der Waals surface area contributed by atoms with E-state index in [1.54, 1.807) is 27.7 Å². The highest BCUT2D eigenvalue weighted by Crippen LogP contribution is 2.34. The minimum Gasteiger partial charge on any atom is -0.467 e. The Labute approximate surface area is 114 Å². The van der Waals surface area contributed by atoms with Crippen LogP contribution >= 0.6 is 0 Å². The van der Waals surface area contributed by atoms with Gasteiger partial charge in [-0.25, -0.2) is 9.59 Å². The molecule has 0 bridgehead atoms. The minimum atomic E-state index is -1.11. The van der Waals surface area contributed by atoms with Gasteiger partial charge in [-0.05, 0) is 40.5 Å². The molecule has 2 N–H and O–H groups in total. The SMILES string of the molecule is COC(=O)C1(C(C)N)CCCN1C(=O)OC(C)(C)C. The highest BCUT2D eigenvalue weighted by atomic mass is 16.6. The van der Waals surface area contributed by atoms with Gasteiger partial charge >= 0.3 is 12.1 Å². The molecule has 0 aromatic rings. The minimum absolute atomic E-state index is 0.450. The van der Waals surface area contributed by atoms with Gasteiger partial charge in [0.05, 0.1) is 7.11 Å². The number of esters is 1. The first kappa shape index (κ1) is 15.8.